The Morgan fingerprint density at radius 1 is 1.00 bits per heavy atom. The van der Waals surface area contributed by atoms with Gasteiger partial charge in [0.15, 0.2) is 11.4 Å². The second-order valence-electron chi connectivity index (χ2n) is 9.49. The third kappa shape index (κ3) is 7.28. The largest absolute Gasteiger partial charge is 0.392 e. The molecular weight excluding hydrogens is 526 g/mol. The minimum atomic E-state index is -0.556. The van der Waals surface area contributed by atoms with Crippen LogP contribution in [-0.2, 0) is 22.6 Å². The Balaban J connectivity index is 1.35. The molecule has 10 heteroatoms. The lowest BCUT2D eigenvalue weighted by Gasteiger charge is -2.36. The Morgan fingerprint density at radius 2 is 1.80 bits per heavy atom. The number of amides is 2. The zero-order valence-electron chi connectivity index (χ0n) is 22.2. The van der Waals surface area contributed by atoms with E-state index in [2.05, 4.69) is 50.1 Å². The fraction of sp³-hybridized carbons (Fsp3) is 0.300. The average molecular weight is 560 g/mol. The Morgan fingerprint density at radius 3 is 2.55 bits per heavy atom. The summed E-state index contributed by atoms with van der Waals surface area (Å²) in [5, 5.41) is 22.7. The number of rotatable bonds is 10. The number of ether oxygens (including phenoxy) is 2. The van der Waals surface area contributed by atoms with E-state index in [-0.39, 0.29) is 24.8 Å². The highest BCUT2D eigenvalue weighted by Crippen LogP contribution is 2.40. The summed E-state index contributed by atoms with van der Waals surface area (Å²) >= 11 is 1.57. The van der Waals surface area contributed by atoms with Crippen LogP contribution in [0.1, 0.15) is 48.0 Å². The average Bonchev–Trinajstić information content (AvgIpc) is 3.53. The van der Waals surface area contributed by atoms with Crippen molar-refractivity contribution in [1.82, 2.24) is 25.8 Å². The number of carbonyl (C=O) groups is 1. The van der Waals surface area contributed by atoms with Gasteiger partial charge in [0, 0.05) is 30.8 Å². The number of hydrogen-bond donors (Lipinski definition) is 4. The van der Waals surface area contributed by atoms with E-state index in [1.807, 2.05) is 55.5 Å². The van der Waals surface area contributed by atoms with Crippen LogP contribution in [0.2, 0.25) is 0 Å². The van der Waals surface area contributed by atoms with Gasteiger partial charge in [-0.2, -0.15) is 5.10 Å². The highest BCUT2D eigenvalue weighted by molar-refractivity contribution is 7.99. The molecule has 2 amide bonds. The van der Waals surface area contributed by atoms with E-state index in [1.54, 1.807) is 11.8 Å². The van der Waals surface area contributed by atoms with E-state index in [1.165, 1.54) is 6.33 Å². The van der Waals surface area contributed by atoms with Crippen molar-refractivity contribution in [1.29, 1.82) is 0 Å². The fourth-order valence-electron chi connectivity index (χ4n) is 4.59. The quantitative estimate of drug-likeness (QED) is 0.199. The monoisotopic (exact) mass is 559 g/mol. The molecule has 1 fully saturated rings. The van der Waals surface area contributed by atoms with E-state index < -0.39 is 6.29 Å². The van der Waals surface area contributed by atoms with Crippen molar-refractivity contribution in [2.75, 3.05) is 12.3 Å². The maximum atomic E-state index is 11.8. The highest BCUT2D eigenvalue weighted by atomic mass is 32.2. The smallest absolute Gasteiger partial charge is 0.315 e. The summed E-state index contributed by atoms with van der Waals surface area (Å²) in [6.07, 6.45) is 1.39. The molecule has 5 rings (SSSR count). The van der Waals surface area contributed by atoms with E-state index in [0.717, 1.165) is 38.5 Å². The van der Waals surface area contributed by atoms with Crippen LogP contribution in [0.3, 0.4) is 0 Å². The van der Waals surface area contributed by atoms with Gasteiger partial charge in [0.05, 0.1) is 18.8 Å². The van der Waals surface area contributed by atoms with Crippen molar-refractivity contribution in [3.05, 3.63) is 101 Å². The molecule has 1 aromatic heterocycles. The number of aromatic amines is 1. The molecule has 4 aromatic rings. The van der Waals surface area contributed by atoms with E-state index in [9.17, 15) is 9.90 Å². The first-order chi connectivity index (χ1) is 19.6. The molecule has 0 unspecified atom stereocenters. The van der Waals surface area contributed by atoms with Crippen LogP contribution in [0.15, 0.2) is 84.3 Å². The minimum Gasteiger partial charge on any atom is -0.392 e. The molecule has 0 bridgehead atoms. The molecular formula is C30H33N5O4S. The number of aliphatic hydroxyl groups excluding tert-OH is 1. The molecule has 9 nitrogen and oxygen atoms in total. The highest BCUT2D eigenvalue weighted by Gasteiger charge is 2.32. The van der Waals surface area contributed by atoms with E-state index >= 15 is 0 Å². The van der Waals surface area contributed by atoms with Gasteiger partial charge in [0.2, 0.25) is 0 Å². The second-order valence-corrected chi connectivity index (χ2v) is 10.5. The van der Waals surface area contributed by atoms with E-state index in [0.29, 0.717) is 25.3 Å². The van der Waals surface area contributed by atoms with Crippen molar-refractivity contribution in [2.45, 2.75) is 50.2 Å². The predicted octanol–water partition coefficient (Wildman–Crippen LogP) is 5.12. The molecule has 3 aromatic carbocycles. The lowest BCUT2D eigenvalue weighted by atomic mass is 9.99. The first-order valence-electron chi connectivity index (χ1n) is 13.3. The number of H-pyrrole nitrogens is 1. The normalized spacial score (nSPS) is 18.8. The van der Waals surface area contributed by atoms with Crippen LogP contribution in [0.25, 0.3) is 11.1 Å². The van der Waals surface area contributed by atoms with Gasteiger partial charge in [-0.15, -0.1) is 0 Å². The lowest BCUT2D eigenvalue weighted by Crippen LogP contribution is -2.34. The molecule has 0 saturated carbocycles. The number of benzene rings is 3. The van der Waals surface area contributed by atoms with Crippen LogP contribution in [-0.4, -0.2) is 44.7 Å². The number of nitrogens with zero attached hydrogens (tertiary/aromatic N) is 2. The molecule has 0 spiro atoms. The van der Waals surface area contributed by atoms with Gasteiger partial charge in [-0.3, -0.25) is 5.10 Å². The molecule has 1 aliphatic rings. The zero-order chi connectivity index (χ0) is 27.7. The van der Waals surface area contributed by atoms with E-state index in [4.69, 9.17) is 9.47 Å². The SMILES string of the molecule is CCNC(=O)NCc1cccc(-c2cccc([C@H]3O[C@@H](CSc4ncn[nH]4)C[C@@H](c4ccc(CO)cc4)O3)c2)c1. The first-order valence-corrected chi connectivity index (χ1v) is 14.3. The van der Waals surface area contributed by atoms with Gasteiger partial charge < -0.3 is 25.2 Å². The number of carbonyl (C=O) groups excluding carboxylic acids is 1. The number of thioether (sulfide) groups is 1. The molecule has 208 valence electrons. The first kappa shape index (κ1) is 27.9. The molecule has 1 aliphatic heterocycles. The molecule has 40 heavy (non-hydrogen) atoms. The Labute approximate surface area is 237 Å². The third-order valence-electron chi connectivity index (χ3n) is 6.62. The van der Waals surface area contributed by atoms with Crippen molar-refractivity contribution in [3.63, 3.8) is 0 Å². The van der Waals surface area contributed by atoms with Crippen molar-refractivity contribution >= 4 is 17.8 Å². The summed E-state index contributed by atoms with van der Waals surface area (Å²) in [5.74, 6) is 0.695. The maximum Gasteiger partial charge on any atom is 0.315 e. The Bertz CT molecular complexity index is 1380. The summed E-state index contributed by atoms with van der Waals surface area (Å²) < 4.78 is 13.0. The van der Waals surface area contributed by atoms with Crippen LogP contribution >= 0.6 is 11.8 Å². The molecule has 0 aliphatic carbocycles. The Hall–Kier alpha value is -3.70. The number of urea groups is 1. The Kier molecular flexibility index (Phi) is 9.46. The maximum absolute atomic E-state index is 11.8. The van der Waals surface area contributed by atoms with Crippen LogP contribution in [0.5, 0.6) is 0 Å². The zero-order valence-corrected chi connectivity index (χ0v) is 23.1. The van der Waals surface area contributed by atoms with Gasteiger partial charge in [-0.25, -0.2) is 9.78 Å². The molecule has 2 heterocycles. The summed E-state index contributed by atoms with van der Waals surface area (Å²) in [4.78, 5) is 16.0. The fourth-order valence-corrected chi connectivity index (χ4v) is 5.39. The van der Waals surface area contributed by atoms with Crippen LogP contribution in [0, 0.1) is 0 Å². The summed E-state index contributed by atoms with van der Waals surface area (Å²) in [6, 6.07) is 24.0. The lowest BCUT2D eigenvalue weighted by molar-refractivity contribution is -0.245. The summed E-state index contributed by atoms with van der Waals surface area (Å²) in [5.41, 5.74) is 5.92. The predicted molar refractivity (Wildman–Crippen MR) is 153 cm³/mol. The number of hydrogen-bond acceptors (Lipinski definition) is 7. The van der Waals surface area contributed by atoms with Crippen molar-refractivity contribution in [2.24, 2.45) is 0 Å². The van der Waals surface area contributed by atoms with Crippen molar-refractivity contribution < 1.29 is 19.4 Å². The minimum absolute atomic E-state index is 0.00395. The van der Waals surface area contributed by atoms with Crippen molar-refractivity contribution in [3.8, 4) is 11.1 Å². The van der Waals surface area contributed by atoms with Gasteiger partial charge in [0.1, 0.15) is 6.33 Å². The van der Waals surface area contributed by atoms with Gasteiger partial charge in [0.25, 0.3) is 0 Å². The summed E-state index contributed by atoms with van der Waals surface area (Å²) in [7, 11) is 0. The van der Waals surface area contributed by atoms with Gasteiger partial charge in [-0.05, 0) is 46.9 Å². The molecule has 4 N–H and O–H groups in total. The summed E-state index contributed by atoms with van der Waals surface area (Å²) in [6.45, 7) is 2.91. The third-order valence-corrected chi connectivity index (χ3v) is 7.63. The van der Waals surface area contributed by atoms with Crippen LogP contribution < -0.4 is 10.6 Å². The molecule has 1 saturated heterocycles. The molecule has 0 radical (unpaired) electrons. The number of aliphatic hydroxyl groups is 1. The number of aromatic nitrogens is 3. The van der Waals surface area contributed by atoms with Gasteiger partial charge >= 0.3 is 6.03 Å². The second kappa shape index (κ2) is 13.6. The topological polar surface area (TPSA) is 121 Å². The van der Waals surface area contributed by atoms with Crippen LogP contribution in [0.4, 0.5) is 4.79 Å². The number of nitrogens with one attached hydrogen (secondary N) is 3. The molecule has 3 atom stereocenters. The van der Waals surface area contributed by atoms with Gasteiger partial charge in [-0.1, -0.05) is 72.4 Å². The standard InChI is InChI=1S/C30H33N5O4S/c1-2-31-29(37)32-16-21-5-3-6-23(13-21)24-7-4-8-25(14-24)28-38-26(18-40-30-33-19-34-35-30)15-27(39-28)22-11-9-20(17-36)10-12-22/h3-14,19,26-28,36H,2,15-18H2,1H3,(H2,31,32,37)(H,33,34,35)/t26-,27+,28+/m1/s1.